The van der Waals surface area contributed by atoms with E-state index in [1.54, 1.807) is 24.3 Å². The number of nitrogens with zero attached hydrogens (tertiary/aromatic N) is 1. The number of carbonyl (C=O) groups is 2. The molecule has 1 unspecified atom stereocenters. The van der Waals surface area contributed by atoms with Crippen LogP contribution in [0, 0.1) is 0 Å². The highest BCUT2D eigenvalue weighted by molar-refractivity contribution is 6.30. The van der Waals surface area contributed by atoms with Crippen LogP contribution in [0.25, 0.3) is 0 Å². The van der Waals surface area contributed by atoms with Gasteiger partial charge in [0, 0.05) is 5.02 Å². The van der Waals surface area contributed by atoms with Gasteiger partial charge in [0.1, 0.15) is 12.9 Å². The lowest BCUT2D eigenvalue weighted by molar-refractivity contribution is -0.152. The van der Waals surface area contributed by atoms with Gasteiger partial charge < -0.3 is 9.53 Å². The SMILES string of the molecule is O=CC(C(=O)OCc1ccc(Cl)cc1)N1CCCC1. The fourth-order valence-electron chi connectivity index (χ4n) is 2.13. The Morgan fingerprint density at radius 3 is 2.53 bits per heavy atom. The molecule has 0 spiro atoms. The lowest BCUT2D eigenvalue weighted by atomic mass is 10.2. The second kappa shape index (κ2) is 6.68. The third-order valence-electron chi connectivity index (χ3n) is 3.20. The van der Waals surface area contributed by atoms with Crippen molar-refractivity contribution < 1.29 is 14.3 Å². The van der Waals surface area contributed by atoms with Crippen LogP contribution >= 0.6 is 11.6 Å². The molecule has 5 heteroatoms. The molecule has 0 radical (unpaired) electrons. The molecule has 0 aliphatic carbocycles. The van der Waals surface area contributed by atoms with Crippen molar-refractivity contribution in [2.45, 2.75) is 25.5 Å². The Labute approximate surface area is 117 Å². The predicted molar refractivity (Wildman–Crippen MR) is 71.9 cm³/mol. The van der Waals surface area contributed by atoms with E-state index < -0.39 is 12.0 Å². The first-order chi connectivity index (χ1) is 9.20. The summed E-state index contributed by atoms with van der Waals surface area (Å²) in [6, 6.07) is 6.29. The minimum Gasteiger partial charge on any atom is -0.459 e. The van der Waals surface area contributed by atoms with Crippen molar-refractivity contribution in [1.29, 1.82) is 0 Å². The number of aldehydes is 1. The molecule has 1 fully saturated rings. The van der Waals surface area contributed by atoms with Crippen molar-refractivity contribution in [2.24, 2.45) is 0 Å². The maximum absolute atomic E-state index is 11.9. The molecule has 0 bridgehead atoms. The molecule has 1 saturated heterocycles. The minimum atomic E-state index is -0.769. The van der Waals surface area contributed by atoms with E-state index in [0.29, 0.717) is 11.3 Å². The van der Waals surface area contributed by atoms with E-state index in [4.69, 9.17) is 16.3 Å². The quantitative estimate of drug-likeness (QED) is 0.471. The summed E-state index contributed by atoms with van der Waals surface area (Å²) in [5.74, 6) is -0.480. The summed E-state index contributed by atoms with van der Waals surface area (Å²) in [7, 11) is 0. The zero-order chi connectivity index (χ0) is 13.7. The number of ether oxygens (including phenoxy) is 1. The Bertz CT molecular complexity index is 441. The fraction of sp³-hybridized carbons (Fsp3) is 0.429. The number of hydrogen-bond acceptors (Lipinski definition) is 4. The second-order valence-electron chi connectivity index (χ2n) is 4.56. The molecule has 1 aliphatic heterocycles. The molecular formula is C14H16ClNO3. The van der Waals surface area contributed by atoms with Gasteiger partial charge in [-0.1, -0.05) is 23.7 Å². The number of carbonyl (C=O) groups excluding carboxylic acids is 2. The Balaban J connectivity index is 1.88. The van der Waals surface area contributed by atoms with E-state index in [-0.39, 0.29) is 6.61 Å². The topological polar surface area (TPSA) is 46.6 Å². The monoisotopic (exact) mass is 281 g/mol. The minimum absolute atomic E-state index is 0.161. The van der Waals surface area contributed by atoms with Gasteiger partial charge in [-0.15, -0.1) is 0 Å². The summed E-state index contributed by atoms with van der Waals surface area (Å²) in [6.07, 6.45) is 2.71. The molecule has 0 aromatic heterocycles. The Morgan fingerprint density at radius 2 is 1.95 bits per heavy atom. The van der Waals surface area contributed by atoms with Crippen molar-refractivity contribution in [3.8, 4) is 0 Å². The third-order valence-corrected chi connectivity index (χ3v) is 3.45. The van der Waals surface area contributed by atoms with Crippen LogP contribution in [-0.2, 0) is 20.9 Å². The van der Waals surface area contributed by atoms with E-state index in [9.17, 15) is 9.59 Å². The van der Waals surface area contributed by atoms with Crippen molar-refractivity contribution in [3.05, 3.63) is 34.9 Å². The van der Waals surface area contributed by atoms with Crippen LogP contribution in [0.3, 0.4) is 0 Å². The standard InChI is InChI=1S/C14H16ClNO3/c15-12-5-3-11(4-6-12)10-19-14(18)13(9-17)16-7-1-2-8-16/h3-6,9,13H,1-2,7-8,10H2. The first-order valence-electron chi connectivity index (χ1n) is 6.31. The smallest absolute Gasteiger partial charge is 0.331 e. The van der Waals surface area contributed by atoms with Crippen LogP contribution in [-0.4, -0.2) is 36.3 Å². The lowest BCUT2D eigenvalue weighted by Gasteiger charge is -2.20. The maximum Gasteiger partial charge on any atom is 0.331 e. The highest BCUT2D eigenvalue weighted by Crippen LogP contribution is 2.13. The summed E-state index contributed by atoms with van der Waals surface area (Å²) in [5, 5.41) is 0.637. The summed E-state index contributed by atoms with van der Waals surface area (Å²) in [5.41, 5.74) is 0.851. The lowest BCUT2D eigenvalue weighted by Crippen LogP contribution is -2.41. The number of benzene rings is 1. The average Bonchev–Trinajstić information content (AvgIpc) is 2.93. The molecule has 19 heavy (non-hydrogen) atoms. The number of halogens is 1. The van der Waals surface area contributed by atoms with Gasteiger partial charge in [0.2, 0.25) is 0 Å². The molecule has 1 aromatic rings. The van der Waals surface area contributed by atoms with Crippen LogP contribution in [0.1, 0.15) is 18.4 Å². The third kappa shape index (κ3) is 3.78. The summed E-state index contributed by atoms with van der Waals surface area (Å²) in [6.45, 7) is 1.72. The summed E-state index contributed by atoms with van der Waals surface area (Å²) < 4.78 is 5.18. The van der Waals surface area contributed by atoms with E-state index in [1.807, 2.05) is 4.90 Å². The van der Waals surface area contributed by atoms with Crippen LogP contribution in [0.15, 0.2) is 24.3 Å². The molecule has 1 aliphatic rings. The number of rotatable bonds is 5. The zero-order valence-corrected chi connectivity index (χ0v) is 11.3. The fourth-order valence-corrected chi connectivity index (χ4v) is 2.26. The Hall–Kier alpha value is -1.39. The molecule has 102 valence electrons. The molecule has 1 aromatic carbocycles. The van der Waals surface area contributed by atoms with E-state index in [2.05, 4.69) is 0 Å². The van der Waals surface area contributed by atoms with Crippen molar-refractivity contribution in [1.82, 2.24) is 4.90 Å². The molecule has 1 atom stereocenters. The van der Waals surface area contributed by atoms with Gasteiger partial charge in [0.05, 0.1) is 0 Å². The van der Waals surface area contributed by atoms with E-state index >= 15 is 0 Å². The van der Waals surface area contributed by atoms with Gasteiger partial charge >= 0.3 is 5.97 Å². The van der Waals surface area contributed by atoms with Crippen molar-refractivity contribution in [3.63, 3.8) is 0 Å². The molecular weight excluding hydrogens is 266 g/mol. The van der Waals surface area contributed by atoms with Crippen LogP contribution in [0.4, 0.5) is 0 Å². The van der Waals surface area contributed by atoms with Gasteiger partial charge in [-0.3, -0.25) is 4.90 Å². The Kier molecular flexibility index (Phi) is 4.93. The normalized spacial score (nSPS) is 17.1. The molecule has 2 rings (SSSR count). The van der Waals surface area contributed by atoms with Gasteiger partial charge in [0.25, 0.3) is 0 Å². The second-order valence-corrected chi connectivity index (χ2v) is 4.99. The average molecular weight is 282 g/mol. The number of hydrogen-bond donors (Lipinski definition) is 0. The Morgan fingerprint density at radius 1 is 1.32 bits per heavy atom. The first-order valence-corrected chi connectivity index (χ1v) is 6.69. The molecule has 0 N–H and O–H groups in total. The van der Waals surface area contributed by atoms with Gasteiger partial charge in [-0.25, -0.2) is 4.79 Å². The van der Waals surface area contributed by atoms with Gasteiger partial charge in [-0.05, 0) is 43.6 Å². The van der Waals surface area contributed by atoms with Crippen LogP contribution in [0.5, 0.6) is 0 Å². The zero-order valence-electron chi connectivity index (χ0n) is 10.5. The highest BCUT2D eigenvalue weighted by atomic mass is 35.5. The largest absolute Gasteiger partial charge is 0.459 e. The van der Waals surface area contributed by atoms with Crippen LogP contribution in [0.2, 0.25) is 5.02 Å². The molecule has 0 amide bonds. The highest BCUT2D eigenvalue weighted by Gasteiger charge is 2.28. The first kappa shape index (κ1) is 14.0. The summed E-state index contributed by atoms with van der Waals surface area (Å²) >= 11 is 5.77. The number of esters is 1. The van der Waals surface area contributed by atoms with Crippen molar-refractivity contribution >= 4 is 23.9 Å². The van der Waals surface area contributed by atoms with Crippen molar-refractivity contribution in [2.75, 3.05) is 13.1 Å². The van der Waals surface area contributed by atoms with Gasteiger partial charge in [0.15, 0.2) is 6.04 Å². The molecule has 0 saturated carbocycles. The number of likely N-dealkylation sites (tertiary alicyclic amines) is 1. The van der Waals surface area contributed by atoms with E-state index in [0.717, 1.165) is 31.5 Å². The van der Waals surface area contributed by atoms with E-state index in [1.165, 1.54) is 0 Å². The molecule has 4 nitrogen and oxygen atoms in total. The summed E-state index contributed by atoms with van der Waals surface area (Å²) in [4.78, 5) is 24.8. The van der Waals surface area contributed by atoms with Gasteiger partial charge in [-0.2, -0.15) is 0 Å². The molecule has 1 heterocycles. The van der Waals surface area contributed by atoms with Crippen LogP contribution < -0.4 is 0 Å². The predicted octanol–water partition coefficient (Wildman–Crippen LogP) is 2.05. The maximum atomic E-state index is 11.9.